The maximum absolute atomic E-state index is 5.86. The lowest BCUT2D eigenvalue weighted by Crippen LogP contribution is -2.44. The van der Waals surface area contributed by atoms with E-state index in [0.717, 1.165) is 42.5 Å². The van der Waals surface area contributed by atoms with Crippen LogP contribution in [0.3, 0.4) is 0 Å². The van der Waals surface area contributed by atoms with Crippen molar-refractivity contribution in [3.8, 4) is 0 Å². The molecule has 2 N–H and O–H groups in total. The van der Waals surface area contributed by atoms with Crippen molar-refractivity contribution in [1.29, 1.82) is 0 Å². The van der Waals surface area contributed by atoms with E-state index in [1.165, 1.54) is 55.6 Å². The van der Waals surface area contributed by atoms with E-state index >= 15 is 0 Å². The normalized spacial score (nSPS) is 20.2. The quantitative estimate of drug-likeness (QED) is 0.649. The van der Waals surface area contributed by atoms with Crippen LogP contribution in [0.15, 0.2) is 0 Å². The van der Waals surface area contributed by atoms with Crippen molar-refractivity contribution < 1.29 is 9.47 Å². The number of halogens is 1. The van der Waals surface area contributed by atoms with E-state index in [4.69, 9.17) is 26.8 Å². The molecule has 1 saturated carbocycles. The molecule has 2 aromatic rings. The molecule has 1 saturated heterocycles. The largest absolute Gasteiger partial charge is 0.383 e. The molecular weight excluding hydrogens is 408 g/mol. The molecule has 2 aromatic heterocycles. The number of thiophene rings is 1. The first-order chi connectivity index (χ1) is 14.2. The molecule has 0 radical (unpaired) electrons. The van der Waals surface area contributed by atoms with E-state index in [-0.39, 0.29) is 5.28 Å². The minimum Gasteiger partial charge on any atom is -0.383 e. The molecule has 0 aromatic carbocycles. The second-order valence-corrected chi connectivity index (χ2v) is 8.73. The lowest BCUT2D eigenvalue weighted by Gasteiger charge is -2.36. The number of nitrogen functional groups attached to an aromatic ring is 1. The molecule has 3 aliphatic rings. The number of hydrogen-bond acceptors (Lipinski definition) is 7. The van der Waals surface area contributed by atoms with Crippen molar-refractivity contribution in [2.75, 3.05) is 38.6 Å². The van der Waals surface area contributed by atoms with Gasteiger partial charge in [-0.25, -0.2) is 9.97 Å². The van der Waals surface area contributed by atoms with Crippen LogP contribution in [0, 0.1) is 0 Å². The van der Waals surface area contributed by atoms with Gasteiger partial charge in [-0.2, -0.15) is 0 Å². The zero-order valence-electron chi connectivity index (χ0n) is 17.6. The van der Waals surface area contributed by atoms with E-state index in [9.17, 15) is 0 Å². The highest BCUT2D eigenvalue weighted by Gasteiger charge is 2.22. The van der Waals surface area contributed by atoms with Gasteiger partial charge < -0.3 is 15.2 Å². The number of aromatic nitrogens is 2. The average molecular weight is 441 g/mol. The Hall–Kier alpha value is -0.990. The monoisotopic (exact) mass is 440 g/mol. The highest BCUT2D eigenvalue weighted by atomic mass is 35.5. The first kappa shape index (κ1) is 22.7. The molecule has 0 bridgehead atoms. The summed E-state index contributed by atoms with van der Waals surface area (Å²) < 4.78 is 10.7. The van der Waals surface area contributed by atoms with Crippen LogP contribution in [0.5, 0.6) is 0 Å². The molecule has 5 rings (SSSR count). The van der Waals surface area contributed by atoms with Crippen LogP contribution >= 0.6 is 22.9 Å². The second kappa shape index (κ2) is 11.4. The van der Waals surface area contributed by atoms with Gasteiger partial charge in [0.25, 0.3) is 0 Å². The molecule has 0 unspecified atom stereocenters. The lowest BCUT2D eigenvalue weighted by atomic mass is 9.94. The van der Waals surface area contributed by atoms with Gasteiger partial charge in [0.15, 0.2) is 0 Å². The summed E-state index contributed by atoms with van der Waals surface area (Å²) in [7, 11) is 0. The van der Waals surface area contributed by atoms with Gasteiger partial charge in [-0.15, -0.1) is 11.3 Å². The summed E-state index contributed by atoms with van der Waals surface area (Å²) in [4.78, 5) is 12.8. The number of fused-ring (bicyclic) bond motifs is 3. The van der Waals surface area contributed by atoms with Crippen molar-refractivity contribution in [1.82, 2.24) is 14.9 Å². The highest BCUT2D eigenvalue weighted by Crippen LogP contribution is 2.36. The molecule has 0 amide bonds. The molecule has 8 heteroatoms. The van der Waals surface area contributed by atoms with Crippen LogP contribution in [-0.2, 0) is 22.5 Å². The molecule has 2 aliphatic heterocycles. The molecule has 4 heterocycles. The maximum Gasteiger partial charge on any atom is 0.225 e. The second-order valence-electron chi connectivity index (χ2n) is 7.30. The molecule has 6 nitrogen and oxygen atoms in total. The smallest absolute Gasteiger partial charge is 0.225 e. The molecule has 0 spiro atoms. The van der Waals surface area contributed by atoms with Gasteiger partial charge in [0.05, 0.1) is 31.8 Å². The molecule has 162 valence electrons. The standard InChI is InChI=1S/C10H19NO.C9H8ClN3OS.C2H6/c1-2-4-10(5-3-1)11-6-8-12-9-7-11;10-9-12-7(11)6-4-1-2-14-3-5(4)15-8(6)13-9;1-2/h10H,1-9H2;1-3H2,(H2,11,12,13);1-2H3. The van der Waals surface area contributed by atoms with Crippen LogP contribution in [0.2, 0.25) is 5.28 Å². The van der Waals surface area contributed by atoms with Crippen molar-refractivity contribution >= 4 is 39.0 Å². The SMILES string of the molecule is C1CCC(N2CCOCC2)CC1.CC.Nc1nc(Cl)nc2sc3c(c12)CCOC3. The number of nitrogens with zero attached hydrogens (tertiary/aromatic N) is 3. The fourth-order valence-electron chi connectivity index (χ4n) is 4.21. The van der Waals surface area contributed by atoms with Crippen LogP contribution < -0.4 is 5.73 Å². The number of rotatable bonds is 1. The van der Waals surface area contributed by atoms with Crippen LogP contribution in [0.4, 0.5) is 5.82 Å². The summed E-state index contributed by atoms with van der Waals surface area (Å²) >= 11 is 7.35. The molecule has 2 fully saturated rings. The van der Waals surface area contributed by atoms with Gasteiger partial charge in [0.2, 0.25) is 5.28 Å². The summed E-state index contributed by atoms with van der Waals surface area (Å²) in [6, 6.07) is 0.891. The number of hydrogen-bond donors (Lipinski definition) is 1. The summed E-state index contributed by atoms with van der Waals surface area (Å²) in [5, 5.41) is 1.17. The third kappa shape index (κ3) is 5.79. The number of nitrogens with two attached hydrogens (primary N) is 1. The fraction of sp³-hybridized carbons (Fsp3) is 0.714. The topological polar surface area (TPSA) is 73.5 Å². The predicted molar refractivity (Wildman–Crippen MR) is 121 cm³/mol. The highest BCUT2D eigenvalue weighted by molar-refractivity contribution is 7.19. The van der Waals surface area contributed by atoms with Gasteiger partial charge in [0.1, 0.15) is 10.6 Å². The zero-order chi connectivity index (χ0) is 20.6. The Kier molecular flexibility index (Phi) is 8.93. The van der Waals surface area contributed by atoms with E-state index in [2.05, 4.69) is 14.9 Å². The fourth-order valence-corrected chi connectivity index (χ4v) is 5.60. The van der Waals surface area contributed by atoms with Gasteiger partial charge in [-0.1, -0.05) is 33.1 Å². The Morgan fingerprint density at radius 3 is 2.48 bits per heavy atom. The molecular formula is C21H33ClN4O2S. The zero-order valence-corrected chi connectivity index (χ0v) is 19.2. The summed E-state index contributed by atoms with van der Waals surface area (Å²) in [6.07, 6.45) is 8.09. The minimum atomic E-state index is 0.208. The molecule has 1 aliphatic carbocycles. The van der Waals surface area contributed by atoms with Crippen molar-refractivity contribution in [2.24, 2.45) is 0 Å². The Balaban J connectivity index is 0.000000156. The first-order valence-corrected chi connectivity index (χ1v) is 12.0. The molecule has 0 atom stereocenters. The first-order valence-electron chi connectivity index (χ1n) is 10.8. The third-order valence-electron chi connectivity index (χ3n) is 5.60. The molecule has 29 heavy (non-hydrogen) atoms. The Morgan fingerprint density at radius 2 is 1.76 bits per heavy atom. The van der Waals surface area contributed by atoms with E-state index in [0.29, 0.717) is 12.4 Å². The lowest BCUT2D eigenvalue weighted by molar-refractivity contribution is 0.00858. The Labute approximate surface area is 182 Å². The summed E-state index contributed by atoms with van der Waals surface area (Å²) in [5.74, 6) is 0.476. The van der Waals surface area contributed by atoms with Gasteiger partial charge in [0, 0.05) is 24.0 Å². The van der Waals surface area contributed by atoms with E-state index in [1.54, 1.807) is 11.3 Å². The Morgan fingerprint density at radius 1 is 1.03 bits per heavy atom. The van der Waals surface area contributed by atoms with Crippen LogP contribution in [-0.4, -0.2) is 53.8 Å². The van der Waals surface area contributed by atoms with Crippen LogP contribution in [0.1, 0.15) is 56.4 Å². The Bertz CT molecular complexity index is 758. The van der Waals surface area contributed by atoms with E-state index in [1.807, 2.05) is 13.8 Å². The number of anilines is 1. The minimum absolute atomic E-state index is 0.208. The van der Waals surface area contributed by atoms with Gasteiger partial charge >= 0.3 is 0 Å². The van der Waals surface area contributed by atoms with E-state index < -0.39 is 0 Å². The third-order valence-corrected chi connectivity index (χ3v) is 6.87. The van der Waals surface area contributed by atoms with Crippen LogP contribution in [0.25, 0.3) is 10.2 Å². The van der Waals surface area contributed by atoms with Crippen molar-refractivity contribution in [3.05, 3.63) is 15.7 Å². The van der Waals surface area contributed by atoms with Gasteiger partial charge in [-0.05, 0) is 36.4 Å². The summed E-state index contributed by atoms with van der Waals surface area (Å²) in [5.41, 5.74) is 7.09. The van der Waals surface area contributed by atoms with Crippen molar-refractivity contribution in [3.63, 3.8) is 0 Å². The maximum atomic E-state index is 5.86. The average Bonchev–Trinajstić information content (AvgIpc) is 3.15. The number of morpholine rings is 1. The summed E-state index contributed by atoms with van der Waals surface area (Å²) in [6.45, 7) is 9.64. The van der Waals surface area contributed by atoms with Crippen molar-refractivity contribution in [2.45, 2.75) is 65.0 Å². The number of ether oxygens (including phenoxy) is 2. The van der Waals surface area contributed by atoms with Gasteiger partial charge in [-0.3, -0.25) is 4.90 Å². The predicted octanol–water partition coefficient (Wildman–Crippen LogP) is 4.68.